The highest BCUT2D eigenvalue weighted by atomic mass is 19.1. The maximum atomic E-state index is 13.7. The molecule has 0 saturated carbocycles. The van der Waals surface area contributed by atoms with E-state index in [0.29, 0.717) is 32.4 Å². The largest absolute Gasteiger partial charge is 0.353 e. The Hall–Kier alpha value is -2.70. The number of benzene rings is 1. The molecule has 0 spiro atoms. The maximum Gasteiger partial charge on any atom is 0.256 e. The summed E-state index contributed by atoms with van der Waals surface area (Å²) in [4.78, 5) is 26.1. The summed E-state index contributed by atoms with van der Waals surface area (Å²) in [6.45, 7) is 1.01. The number of piperidine rings is 1. The third-order valence-electron chi connectivity index (χ3n) is 4.37. The number of aryl methyl sites for hydroxylation is 1. The number of hydrogen-bond acceptors (Lipinski definition) is 3. The number of carbonyl (C=O) groups is 2. The van der Waals surface area contributed by atoms with Gasteiger partial charge in [-0.2, -0.15) is 5.10 Å². The number of likely N-dealkylation sites (tertiary alicyclic amines) is 1. The fraction of sp³-hybridized carbons (Fsp3) is 0.389. The standard InChI is InChI=1S/C18H21FN4O2/c1-22-12-13(11-20-22)10-17(24)21-14-6-8-23(9-7-14)18(25)15-4-2-3-5-16(15)19/h2-5,11-12,14H,6-10H2,1H3,(H,21,24). The minimum Gasteiger partial charge on any atom is -0.353 e. The quantitative estimate of drug-likeness (QED) is 0.914. The zero-order valence-corrected chi connectivity index (χ0v) is 14.1. The maximum absolute atomic E-state index is 13.7. The van der Waals surface area contributed by atoms with Gasteiger partial charge in [-0.15, -0.1) is 0 Å². The SMILES string of the molecule is Cn1cc(CC(=O)NC2CCN(C(=O)c3ccccc3F)CC2)cn1. The summed E-state index contributed by atoms with van der Waals surface area (Å²) in [5.41, 5.74) is 0.966. The van der Waals surface area contributed by atoms with Gasteiger partial charge >= 0.3 is 0 Å². The van der Waals surface area contributed by atoms with Crippen molar-refractivity contribution in [3.05, 3.63) is 53.6 Å². The zero-order chi connectivity index (χ0) is 17.8. The highest BCUT2D eigenvalue weighted by Gasteiger charge is 2.25. The third-order valence-corrected chi connectivity index (χ3v) is 4.37. The highest BCUT2D eigenvalue weighted by Crippen LogP contribution is 2.16. The van der Waals surface area contributed by atoms with Crippen molar-refractivity contribution in [2.24, 2.45) is 7.05 Å². The summed E-state index contributed by atoms with van der Waals surface area (Å²) in [5, 5.41) is 7.04. The van der Waals surface area contributed by atoms with Crippen molar-refractivity contribution < 1.29 is 14.0 Å². The van der Waals surface area contributed by atoms with Crippen LogP contribution in [0.3, 0.4) is 0 Å². The second-order valence-electron chi connectivity index (χ2n) is 6.31. The van der Waals surface area contributed by atoms with Crippen LogP contribution in [0.4, 0.5) is 4.39 Å². The lowest BCUT2D eigenvalue weighted by Crippen LogP contribution is -2.47. The van der Waals surface area contributed by atoms with Crippen molar-refractivity contribution in [2.45, 2.75) is 25.3 Å². The Kier molecular flexibility index (Phi) is 5.11. The first-order valence-electron chi connectivity index (χ1n) is 8.33. The molecule has 0 aliphatic carbocycles. The van der Waals surface area contributed by atoms with Gasteiger partial charge in [0.1, 0.15) is 5.82 Å². The molecule has 3 rings (SSSR count). The van der Waals surface area contributed by atoms with Crippen LogP contribution in [0, 0.1) is 5.82 Å². The molecular formula is C18H21FN4O2. The molecule has 132 valence electrons. The van der Waals surface area contributed by atoms with Crippen LogP contribution in [0.2, 0.25) is 0 Å². The summed E-state index contributed by atoms with van der Waals surface area (Å²) in [6.07, 6.45) is 5.12. The molecule has 2 amide bonds. The van der Waals surface area contributed by atoms with E-state index in [1.165, 1.54) is 12.1 Å². The van der Waals surface area contributed by atoms with E-state index < -0.39 is 5.82 Å². The number of amides is 2. The molecule has 1 fully saturated rings. The van der Waals surface area contributed by atoms with E-state index in [-0.39, 0.29) is 23.4 Å². The Morgan fingerprint density at radius 2 is 2.00 bits per heavy atom. The van der Waals surface area contributed by atoms with Crippen molar-refractivity contribution in [1.29, 1.82) is 0 Å². The van der Waals surface area contributed by atoms with Crippen molar-refractivity contribution >= 4 is 11.8 Å². The number of aromatic nitrogens is 2. The molecule has 1 N–H and O–H groups in total. The average Bonchev–Trinajstić information content (AvgIpc) is 3.00. The Morgan fingerprint density at radius 3 is 2.64 bits per heavy atom. The molecule has 0 radical (unpaired) electrons. The third kappa shape index (κ3) is 4.23. The summed E-state index contributed by atoms with van der Waals surface area (Å²) >= 11 is 0. The van der Waals surface area contributed by atoms with Crippen LogP contribution in [0.5, 0.6) is 0 Å². The summed E-state index contributed by atoms with van der Waals surface area (Å²) in [6, 6.07) is 6.05. The van der Waals surface area contributed by atoms with Crippen molar-refractivity contribution in [3.63, 3.8) is 0 Å². The van der Waals surface area contributed by atoms with Crippen molar-refractivity contribution in [3.8, 4) is 0 Å². The highest BCUT2D eigenvalue weighted by molar-refractivity contribution is 5.94. The number of hydrogen-bond donors (Lipinski definition) is 1. The molecule has 0 atom stereocenters. The molecule has 2 aromatic rings. The zero-order valence-electron chi connectivity index (χ0n) is 14.1. The molecule has 1 aromatic carbocycles. The van der Waals surface area contributed by atoms with Crippen LogP contribution in [0.25, 0.3) is 0 Å². The van der Waals surface area contributed by atoms with E-state index in [9.17, 15) is 14.0 Å². The lowest BCUT2D eigenvalue weighted by atomic mass is 10.0. The van der Waals surface area contributed by atoms with Crippen LogP contribution < -0.4 is 5.32 Å². The summed E-state index contributed by atoms with van der Waals surface area (Å²) < 4.78 is 15.4. The number of nitrogens with one attached hydrogen (secondary N) is 1. The second kappa shape index (κ2) is 7.46. The number of nitrogens with zero attached hydrogens (tertiary/aromatic N) is 3. The van der Waals surface area contributed by atoms with Gasteiger partial charge in [0, 0.05) is 32.4 Å². The first-order valence-corrected chi connectivity index (χ1v) is 8.33. The molecule has 6 nitrogen and oxygen atoms in total. The van der Waals surface area contributed by atoms with Crippen molar-refractivity contribution in [2.75, 3.05) is 13.1 Å². The molecule has 25 heavy (non-hydrogen) atoms. The number of rotatable bonds is 4. The molecule has 1 aliphatic heterocycles. The first-order chi connectivity index (χ1) is 12.0. The molecule has 7 heteroatoms. The predicted molar refractivity (Wildman–Crippen MR) is 90.4 cm³/mol. The fourth-order valence-corrected chi connectivity index (χ4v) is 3.06. The van der Waals surface area contributed by atoms with Gasteiger partial charge in [0.15, 0.2) is 0 Å². The van der Waals surface area contributed by atoms with Gasteiger partial charge in [-0.25, -0.2) is 4.39 Å². The fourth-order valence-electron chi connectivity index (χ4n) is 3.06. The van der Waals surface area contributed by atoms with Gasteiger partial charge in [0.05, 0.1) is 18.2 Å². The Balaban J connectivity index is 1.49. The van der Waals surface area contributed by atoms with Gasteiger partial charge in [-0.1, -0.05) is 12.1 Å². The Labute approximate surface area is 145 Å². The topological polar surface area (TPSA) is 67.2 Å². The van der Waals surface area contributed by atoms with E-state index in [1.807, 2.05) is 13.2 Å². The van der Waals surface area contributed by atoms with E-state index in [2.05, 4.69) is 10.4 Å². The molecule has 1 aliphatic rings. The van der Waals surface area contributed by atoms with Gasteiger partial charge in [0.2, 0.25) is 5.91 Å². The average molecular weight is 344 g/mol. The second-order valence-corrected chi connectivity index (χ2v) is 6.31. The smallest absolute Gasteiger partial charge is 0.256 e. The van der Waals surface area contributed by atoms with Crippen LogP contribution >= 0.6 is 0 Å². The molecule has 1 aromatic heterocycles. The van der Waals surface area contributed by atoms with Crippen LogP contribution in [-0.4, -0.2) is 45.6 Å². The lowest BCUT2D eigenvalue weighted by Gasteiger charge is -2.32. The number of halogens is 1. The Bertz CT molecular complexity index is 766. The monoisotopic (exact) mass is 344 g/mol. The summed E-state index contributed by atoms with van der Waals surface area (Å²) in [5.74, 6) is -0.843. The van der Waals surface area contributed by atoms with E-state index in [1.54, 1.807) is 27.9 Å². The molecule has 2 heterocycles. The molecule has 0 bridgehead atoms. The van der Waals surface area contributed by atoms with E-state index >= 15 is 0 Å². The van der Waals surface area contributed by atoms with Gasteiger partial charge < -0.3 is 10.2 Å². The van der Waals surface area contributed by atoms with E-state index in [4.69, 9.17) is 0 Å². The van der Waals surface area contributed by atoms with Crippen LogP contribution in [0.1, 0.15) is 28.8 Å². The Morgan fingerprint density at radius 1 is 1.28 bits per heavy atom. The summed E-state index contributed by atoms with van der Waals surface area (Å²) in [7, 11) is 1.81. The lowest BCUT2D eigenvalue weighted by molar-refractivity contribution is -0.121. The molecule has 0 unspecified atom stereocenters. The van der Waals surface area contributed by atoms with Crippen LogP contribution in [0.15, 0.2) is 36.7 Å². The van der Waals surface area contributed by atoms with Gasteiger partial charge in [-0.3, -0.25) is 14.3 Å². The van der Waals surface area contributed by atoms with Gasteiger partial charge in [-0.05, 0) is 30.5 Å². The molecule has 1 saturated heterocycles. The van der Waals surface area contributed by atoms with Crippen molar-refractivity contribution in [1.82, 2.24) is 20.0 Å². The normalized spacial score (nSPS) is 15.2. The minimum atomic E-state index is -0.501. The predicted octanol–water partition coefficient (Wildman–Crippen LogP) is 1.52. The first kappa shape index (κ1) is 17.1. The molecular weight excluding hydrogens is 323 g/mol. The minimum absolute atomic E-state index is 0.0360. The van der Waals surface area contributed by atoms with Crippen LogP contribution in [-0.2, 0) is 18.3 Å². The van der Waals surface area contributed by atoms with Gasteiger partial charge in [0.25, 0.3) is 5.91 Å². The van der Waals surface area contributed by atoms with E-state index in [0.717, 1.165) is 5.56 Å². The number of carbonyl (C=O) groups excluding carboxylic acids is 2.